The summed E-state index contributed by atoms with van der Waals surface area (Å²) >= 11 is 0. The lowest BCUT2D eigenvalue weighted by Crippen LogP contribution is -2.05. The predicted molar refractivity (Wildman–Crippen MR) is 119 cm³/mol. The van der Waals surface area contributed by atoms with E-state index in [2.05, 4.69) is 20.4 Å². The van der Waals surface area contributed by atoms with Crippen LogP contribution in [0.5, 0.6) is 11.5 Å². The van der Waals surface area contributed by atoms with Gasteiger partial charge in [-0.1, -0.05) is 50.6 Å². The smallest absolute Gasteiger partial charge is 0.308 e. The maximum Gasteiger partial charge on any atom is 0.308 e. The zero-order valence-electron chi connectivity index (χ0n) is 18.8. The average molecular weight is 385 g/mol. The third kappa shape index (κ3) is 8.43. The van der Waals surface area contributed by atoms with E-state index in [1.165, 1.54) is 13.3 Å². The highest BCUT2D eigenvalue weighted by atomic mass is 16.5. The molecule has 0 atom stereocenters. The highest BCUT2D eigenvalue weighted by Crippen LogP contribution is 2.28. The number of phenolic OH excluding ortho intramolecular Hbond substituents is 1. The maximum atomic E-state index is 11.2. The highest BCUT2D eigenvalue weighted by Gasteiger charge is 2.10. The van der Waals surface area contributed by atoms with Gasteiger partial charge in [0.15, 0.2) is 0 Å². The third-order valence-corrected chi connectivity index (χ3v) is 3.73. The lowest BCUT2D eigenvalue weighted by molar-refractivity contribution is -0.131. The average Bonchev–Trinajstić information content (AvgIpc) is 2.57. The number of carbonyl (C=O) groups is 1. The van der Waals surface area contributed by atoms with Gasteiger partial charge < -0.3 is 9.84 Å². The lowest BCUT2D eigenvalue weighted by Gasteiger charge is -2.13. The van der Waals surface area contributed by atoms with Crippen LogP contribution < -0.4 is 4.74 Å². The number of phenols is 1. The summed E-state index contributed by atoms with van der Waals surface area (Å²) in [6.45, 7) is 18.6. The molecule has 0 bridgehead atoms. The first-order valence-corrected chi connectivity index (χ1v) is 9.75. The van der Waals surface area contributed by atoms with Crippen LogP contribution in [0.2, 0.25) is 0 Å². The Morgan fingerprint density at radius 2 is 1.29 bits per heavy atom. The number of carbonyl (C=O) groups excluding carboxylic acids is 1. The van der Waals surface area contributed by atoms with E-state index >= 15 is 0 Å². The number of rotatable bonds is 3. The Bertz CT molecular complexity index is 742. The van der Waals surface area contributed by atoms with Crippen molar-refractivity contribution in [2.24, 2.45) is 0 Å². The van der Waals surface area contributed by atoms with Crippen LogP contribution in [0, 0.1) is 27.7 Å². The number of aromatic hydroxyl groups is 1. The minimum atomic E-state index is -0.302. The van der Waals surface area contributed by atoms with E-state index < -0.39 is 0 Å². The van der Waals surface area contributed by atoms with Crippen LogP contribution in [0.3, 0.4) is 0 Å². The Hall–Kier alpha value is -2.55. The summed E-state index contributed by atoms with van der Waals surface area (Å²) in [5, 5.41) is 9.86. The van der Waals surface area contributed by atoms with E-state index in [9.17, 15) is 9.90 Å². The fourth-order valence-corrected chi connectivity index (χ4v) is 2.83. The Balaban J connectivity index is 0.00000108. The topological polar surface area (TPSA) is 46.5 Å². The van der Waals surface area contributed by atoms with Crippen molar-refractivity contribution in [3.63, 3.8) is 0 Å². The van der Waals surface area contributed by atoms with Gasteiger partial charge in [-0.15, -0.1) is 6.58 Å². The fraction of sp³-hybridized carbons (Fsp3) is 0.400. The third-order valence-electron chi connectivity index (χ3n) is 3.73. The molecule has 0 aliphatic heterocycles. The highest BCUT2D eigenvalue weighted by molar-refractivity contribution is 5.70. The molecule has 2 rings (SSSR count). The molecule has 2 aromatic carbocycles. The molecule has 0 spiro atoms. The Morgan fingerprint density at radius 1 is 0.964 bits per heavy atom. The zero-order valence-corrected chi connectivity index (χ0v) is 18.8. The quantitative estimate of drug-likeness (QED) is 0.362. The van der Waals surface area contributed by atoms with Gasteiger partial charge in [0, 0.05) is 6.92 Å². The molecule has 0 saturated heterocycles. The molecule has 0 fully saturated rings. The van der Waals surface area contributed by atoms with Crippen molar-refractivity contribution in [2.75, 3.05) is 0 Å². The molecule has 1 N–H and O–H groups in total. The van der Waals surface area contributed by atoms with Crippen molar-refractivity contribution in [2.45, 2.75) is 68.2 Å². The summed E-state index contributed by atoms with van der Waals surface area (Å²) in [4.78, 5) is 11.2. The Kier molecular flexibility index (Phi) is 11.6. The second-order valence-corrected chi connectivity index (χ2v) is 7.02. The normalized spacial score (nSPS) is 9.43. The van der Waals surface area contributed by atoms with Crippen LogP contribution in [0.15, 0.2) is 36.9 Å². The molecule has 0 saturated carbocycles. The maximum absolute atomic E-state index is 11.2. The van der Waals surface area contributed by atoms with E-state index in [-0.39, 0.29) is 5.97 Å². The second-order valence-electron chi connectivity index (χ2n) is 7.02. The van der Waals surface area contributed by atoms with Gasteiger partial charge in [0.05, 0.1) is 0 Å². The van der Waals surface area contributed by atoms with Gasteiger partial charge in [0.1, 0.15) is 11.5 Å². The minimum absolute atomic E-state index is 0.302. The van der Waals surface area contributed by atoms with Gasteiger partial charge in [-0.05, 0) is 74.4 Å². The molecule has 154 valence electrons. The largest absolute Gasteiger partial charge is 0.507 e. The van der Waals surface area contributed by atoms with Crippen molar-refractivity contribution in [3.05, 3.63) is 70.3 Å². The zero-order chi connectivity index (χ0) is 21.9. The van der Waals surface area contributed by atoms with E-state index in [0.717, 1.165) is 39.8 Å². The summed E-state index contributed by atoms with van der Waals surface area (Å²) in [7, 11) is 0. The molecule has 0 aromatic heterocycles. The van der Waals surface area contributed by atoms with Gasteiger partial charge >= 0.3 is 5.97 Å². The first kappa shape index (κ1) is 25.4. The lowest BCUT2D eigenvalue weighted by atomic mass is 9.97. The van der Waals surface area contributed by atoms with Gasteiger partial charge in [-0.25, -0.2) is 0 Å². The SMILES string of the molecule is C=CC.CC(=O)Oc1c(C)cc(Cc2cc(C)c(O)c(C)c2)cc1C.CCC. The molecule has 0 amide bonds. The predicted octanol–water partition coefficient (Wildman–Crippen LogP) is 6.75. The van der Waals surface area contributed by atoms with Crippen LogP contribution >= 0.6 is 0 Å². The first-order valence-electron chi connectivity index (χ1n) is 9.75. The van der Waals surface area contributed by atoms with Crippen LogP contribution in [-0.2, 0) is 11.2 Å². The van der Waals surface area contributed by atoms with Crippen molar-refractivity contribution in [1.29, 1.82) is 0 Å². The van der Waals surface area contributed by atoms with E-state index in [0.29, 0.717) is 11.5 Å². The molecule has 2 aromatic rings. The standard InChI is InChI=1S/C19H22O3.C3H8.C3H6/c1-11-6-16(7-12(2)18(11)21)10-17-8-13(3)19(14(4)9-17)22-15(5)20;2*1-3-2/h6-9,21H,10H2,1-5H3;3H2,1-2H3;3H,1H2,2H3. The Labute approximate surface area is 171 Å². The van der Waals surface area contributed by atoms with Gasteiger partial charge in [0.2, 0.25) is 0 Å². The van der Waals surface area contributed by atoms with Crippen molar-refractivity contribution >= 4 is 5.97 Å². The van der Waals surface area contributed by atoms with Crippen molar-refractivity contribution in [3.8, 4) is 11.5 Å². The van der Waals surface area contributed by atoms with Gasteiger partial charge in [-0.3, -0.25) is 4.79 Å². The fourth-order valence-electron chi connectivity index (χ4n) is 2.83. The van der Waals surface area contributed by atoms with E-state index in [4.69, 9.17) is 4.74 Å². The summed E-state index contributed by atoms with van der Waals surface area (Å²) < 4.78 is 5.26. The van der Waals surface area contributed by atoms with Crippen LogP contribution in [0.1, 0.15) is 67.5 Å². The number of hydrogen-bond acceptors (Lipinski definition) is 3. The summed E-state index contributed by atoms with van der Waals surface area (Å²) in [6.07, 6.45) is 3.78. The molecule has 0 aliphatic rings. The van der Waals surface area contributed by atoms with Crippen LogP contribution in [0.4, 0.5) is 0 Å². The number of aryl methyl sites for hydroxylation is 4. The summed E-state index contributed by atoms with van der Waals surface area (Å²) in [5.41, 5.74) is 6.01. The first-order chi connectivity index (χ1) is 13.1. The van der Waals surface area contributed by atoms with Crippen molar-refractivity contribution < 1.29 is 14.6 Å². The van der Waals surface area contributed by atoms with E-state index in [1.807, 2.05) is 58.9 Å². The number of ether oxygens (including phenoxy) is 1. The Morgan fingerprint density at radius 3 is 1.61 bits per heavy atom. The molecular formula is C25H36O3. The van der Waals surface area contributed by atoms with Crippen LogP contribution in [0.25, 0.3) is 0 Å². The van der Waals surface area contributed by atoms with Crippen LogP contribution in [-0.4, -0.2) is 11.1 Å². The number of hydrogen-bond donors (Lipinski definition) is 1. The molecule has 3 nitrogen and oxygen atoms in total. The number of allylic oxidation sites excluding steroid dienone is 1. The molecule has 0 unspecified atom stereocenters. The summed E-state index contributed by atoms with van der Waals surface area (Å²) in [5.74, 6) is 0.708. The molecular weight excluding hydrogens is 348 g/mol. The molecule has 0 aliphatic carbocycles. The molecule has 0 heterocycles. The monoisotopic (exact) mass is 384 g/mol. The molecule has 0 radical (unpaired) electrons. The number of esters is 1. The molecule has 3 heteroatoms. The second kappa shape index (κ2) is 12.8. The van der Waals surface area contributed by atoms with E-state index in [1.54, 1.807) is 6.08 Å². The summed E-state index contributed by atoms with van der Waals surface area (Å²) in [6, 6.07) is 8.10. The van der Waals surface area contributed by atoms with Gasteiger partial charge in [-0.2, -0.15) is 0 Å². The van der Waals surface area contributed by atoms with Crippen molar-refractivity contribution in [1.82, 2.24) is 0 Å². The molecule has 28 heavy (non-hydrogen) atoms. The minimum Gasteiger partial charge on any atom is -0.507 e. The van der Waals surface area contributed by atoms with Gasteiger partial charge in [0.25, 0.3) is 0 Å². The number of benzene rings is 2.